The molecule has 0 spiro atoms. The summed E-state index contributed by atoms with van der Waals surface area (Å²) in [4.78, 5) is 12.0. The van der Waals surface area contributed by atoms with Crippen molar-refractivity contribution in [2.24, 2.45) is 5.73 Å². The van der Waals surface area contributed by atoms with Gasteiger partial charge in [-0.1, -0.05) is 12.1 Å². The first kappa shape index (κ1) is 13.2. The molecule has 5 nitrogen and oxygen atoms in total. The number of nitrogens with two attached hydrogens (primary N) is 1. The Hall–Kier alpha value is -2.27. The zero-order valence-electron chi connectivity index (χ0n) is 10.7. The standard InChI is InChI=1S/C14H16N2O3/c1-10-8-11(9-19-10)14(17)16-12-4-2-3-5-13(12)18-7-6-15/h2-5,8-9H,6-7,15H2,1H3,(H,16,17). The molecule has 0 aliphatic rings. The minimum absolute atomic E-state index is 0.236. The number of benzene rings is 1. The van der Waals surface area contributed by atoms with Crippen molar-refractivity contribution in [1.29, 1.82) is 0 Å². The van der Waals surface area contributed by atoms with Gasteiger partial charge >= 0.3 is 0 Å². The highest BCUT2D eigenvalue weighted by atomic mass is 16.5. The van der Waals surface area contributed by atoms with E-state index in [9.17, 15) is 4.79 Å². The van der Waals surface area contributed by atoms with E-state index in [0.717, 1.165) is 0 Å². The third-order valence-corrected chi connectivity index (χ3v) is 2.50. The lowest BCUT2D eigenvalue weighted by atomic mass is 10.2. The number of para-hydroxylation sites is 2. The molecular formula is C14H16N2O3. The van der Waals surface area contributed by atoms with Crippen molar-refractivity contribution in [2.45, 2.75) is 6.92 Å². The number of carbonyl (C=O) groups is 1. The quantitative estimate of drug-likeness (QED) is 0.863. The van der Waals surface area contributed by atoms with Crippen molar-refractivity contribution >= 4 is 11.6 Å². The van der Waals surface area contributed by atoms with Gasteiger partial charge in [0.05, 0.1) is 11.3 Å². The lowest BCUT2D eigenvalue weighted by Crippen LogP contribution is -2.14. The largest absolute Gasteiger partial charge is 0.490 e. The number of furan rings is 1. The molecule has 0 atom stereocenters. The second kappa shape index (κ2) is 6.06. The van der Waals surface area contributed by atoms with E-state index in [0.29, 0.717) is 35.9 Å². The monoisotopic (exact) mass is 260 g/mol. The number of hydrogen-bond donors (Lipinski definition) is 2. The Morgan fingerprint density at radius 3 is 2.89 bits per heavy atom. The van der Waals surface area contributed by atoms with Crippen LogP contribution >= 0.6 is 0 Å². The third-order valence-electron chi connectivity index (χ3n) is 2.50. The molecule has 0 saturated heterocycles. The second-order valence-corrected chi connectivity index (χ2v) is 4.03. The zero-order valence-corrected chi connectivity index (χ0v) is 10.7. The number of aryl methyl sites for hydroxylation is 1. The number of ether oxygens (including phenoxy) is 1. The molecule has 19 heavy (non-hydrogen) atoms. The van der Waals surface area contributed by atoms with Crippen molar-refractivity contribution in [3.05, 3.63) is 47.9 Å². The van der Waals surface area contributed by atoms with Gasteiger partial charge in [-0.2, -0.15) is 0 Å². The summed E-state index contributed by atoms with van der Waals surface area (Å²) in [6.07, 6.45) is 1.42. The van der Waals surface area contributed by atoms with Crippen LogP contribution in [0.5, 0.6) is 5.75 Å². The van der Waals surface area contributed by atoms with Gasteiger partial charge in [-0.05, 0) is 25.1 Å². The van der Waals surface area contributed by atoms with Gasteiger partial charge in [0.15, 0.2) is 0 Å². The van der Waals surface area contributed by atoms with Gasteiger partial charge in [0.1, 0.15) is 24.4 Å². The maximum absolute atomic E-state index is 12.0. The highest BCUT2D eigenvalue weighted by molar-refractivity contribution is 6.04. The average molecular weight is 260 g/mol. The van der Waals surface area contributed by atoms with Crippen molar-refractivity contribution in [3.63, 3.8) is 0 Å². The first-order valence-corrected chi connectivity index (χ1v) is 5.99. The van der Waals surface area contributed by atoms with Crippen LogP contribution < -0.4 is 15.8 Å². The molecule has 1 heterocycles. The minimum Gasteiger partial charge on any atom is -0.490 e. The van der Waals surface area contributed by atoms with E-state index >= 15 is 0 Å². The average Bonchev–Trinajstić information content (AvgIpc) is 2.84. The Bertz CT molecular complexity index is 563. The fourth-order valence-corrected chi connectivity index (χ4v) is 1.62. The molecule has 0 unspecified atom stereocenters. The molecule has 1 aromatic carbocycles. The fourth-order valence-electron chi connectivity index (χ4n) is 1.62. The van der Waals surface area contributed by atoms with E-state index in [1.807, 2.05) is 12.1 Å². The number of nitrogens with one attached hydrogen (secondary N) is 1. The number of amides is 1. The van der Waals surface area contributed by atoms with Crippen molar-refractivity contribution in [2.75, 3.05) is 18.5 Å². The van der Waals surface area contributed by atoms with Crippen LogP contribution in [-0.4, -0.2) is 19.1 Å². The second-order valence-electron chi connectivity index (χ2n) is 4.03. The Morgan fingerprint density at radius 1 is 1.42 bits per heavy atom. The Kier molecular flexibility index (Phi) is 4.20. The maximum Gasteiger partial charge on any atom is 0.259 e. The van der Waals surface area contributed by atoms with E-state index in [1.165, 1.54) is 6.26 Å². The Labute approximate surface area is 111 Å². The molecule has 3 N–H and O–H groups in total. The zero-order chi connectivity index (χ0) is 13.7. The molecule has 5 heteroatoms. The van der Waals surface area contributed by atoms with Gasteiger partial charge in [-0.25, -0.2) is 0 Å². The predicted molar refractivity (Wildman–Crippen MR) is 72.4 cm³/mol. The normalized spacial score (nSPS) is 10.2. The van der Waals surface area contributed by atoms with Crippen molar-refractivity contribution < 1.29 is 13.9 Å². The lowest BCUT2D eigenvalue weighted by molar-refractivity contribution is 0.102. The van der Waals surface area contributed by atoms with Crippen LogP contribution in [-0.2, 0) is 0 Å². The number of rotatable bonds is 5. The summed E-state index contributed by atoms with van der Waals surface area (Å²) in [5, 5.41) is 2.78. The summed E-state index contributed by atoms with van der Waals surface area (Å²) in [6.45, 7) is 2.61. The highest BCUT2D eigenvalue weighted by Gasteiger charge is 2.11. The molecule has 0 radical (unpaired) electrons. The molecule has 100 valence electrons. The summed E-state index contributed by atoms with van der Waals surface area (Å²) in [5.74, 6) is 1.06. The molecule has 1 aromatic heterocycles. The van der Waals surface area contributed by atoms with Crippen LogP contribution in [0.2, 0.25) is 0 Å². The van der Waals surface area contributed by atoms with Crippen LogP contribution in [0.4, 0.5) is 5.69 Å². The van der Waals surface area contributed by atoms with Crippen LogP contribution in [0.25, 0.3) is 0 Å². The van der Waals surface area contributed by atoms with E-state index in [1.54, 1.807) is 25.1 Å². The highest BCUT2D eigenvalue weighted by Crippen LogP contribution is 2.24. The summed E-state index contributed by atoms with van der Waals surface area (Å²) >= 11 is 0. The van der Waals surface area contributed by atoms with Crippen LogP contribution in [0.1, 0.15) is 16.1 Å². The predicted octanol–water partition coefficient (Wildman–Crippen LogP) is 2.18. The molecular weight excluding hydrogens is 244 g/mol. The fraction of sp³-hybridized carbons (Fsp3) is 0.214. The number of anilines is 1. The van der Waals surface area contributed by atoms with Crippen LogP contribution in [0, 0.1) is 6.92 Å². The number of carbonyl (C=O) groups excluding carboxylic acids is 1. The van der Waals surface area contributed by atoms with Gasteiger partial charge < -0.3 is 20.2 Å². The number of hydrogen-bond acceptors (Lipinski definition) is 4. The molecule has 0 fully saturated rings. The maximum atomic E-state index is 12.0. The van der Waals surface area contributed by atoms with Crippen molar-refractivity contribution in [1.82, 2.24) is 0 Å². The molecule has 0 saturated carbocycles. The molecule has 1 amide bonds. The Balaban J connectivity index is 2.12. The van der Waals surface area contributed by atoms with E-state index < -0.39 is 0 Å². The van der Waals surface area contributed by atoms with Gasteiger partial charge in [-0.3, -0.25) is 4.79 Å². The third kappa shape index (κ3) is 3.35. The summed E-state index contributed by atoms with van der Waals surface area (Å²) in [6, 6.07) is 8.90. The molecule has 0 aliphatic heterocycles. The van der Waals surface area contributed by atoms with Crippen molar-refractivity contribution in [3.8, 4) is 5.75 Å². The summed E-state index contributed by atoms with van der Waals surface area (Å²) < 4.78 is 10.6. The van der Waals surface area contributed by atoms with E-state index in [4.69, 9.17) is 14.9 Å². The van der Waals surface area contributed by atoms with Gasteiger partial charge in [-0.15, -0.1) is 0 Å². The van der Waals surface area contributed by atoms with E-state index in [-0.39, 0.29) is 5.91 Å². The van der Waals surface area contributed by atoms with Crippen LogP contribution in [0.15, 0.2) is 41.0 Å². The first-order chi connectivity index (χ1) is 9.20. The SMILES string of the molecule is Cc1cc(C(=O)Nc2ccccc2OCCN)co1. The summed E-state index contributed by atoms with van der Waals surface area (Å²) in [5.41, 5.74) is 6.49. The lowest BCUT2D eigenvalue weighted by Gasteiger charge is -2.11. The van der Waals surface area contributed by atoms with E-state index in [2.05, 4.69) is 5.32 Å². The molecule has 0 bridgehead atoms. The molecule has 2 rings (SSSR count). The smallest absolute Gasteiger partial charge is 0.259 e. The molecule has 2 aromatic rings. The molecule has 0 aliphatic carbocycles. The van der Waals surface area contributed by atoms with Gasteiger partial charge in [0, 0.05) is 6.54 Å². The van der Waals surface area contributed by atoms with Crippen LogP contribution in [0.3, 0.4) is 0 Å². The topological polar surface area (TPSA) is 77.5 Å². The van der Waals surface area contributed by atoms with Gasteiger partial charge in [0.2, 0.25) is 0 Å². The van der Waals surface area contributed by atoms with Gasteiger partial charge in [0.25, 0.3) is 5.91 Å². The summed E-state index contributed by atoms with van der Waals surface area (Å²) in [7, 11) is 0. The minimum atomic E-state index is -0.236. The first-order valence-electron chi connectivity index (χ1n) is 5.99. The Morgan fingerprint density at radius 2 is 2.21 bits per heavy atom.